The van der Waals surface area contributed by atoms with E-state index in [2.05, 4.69) is 62.0 Å². The Bertz CT molecular complexity index is 1160. The van der Waals surface area contributed by atoms with Gasteiger partial charge in [0.1, 0.15) is 6.10 Å². The number of allylic oxidation sites excluding steroid dienone is 1. The topological polar surface area (TPSA) is 46.5 Å². The SMILES string of the molecule is C=C(C)[C@@H]1CC[C@]2(C)CC[C@]3(C)[C@H](CC[C@@H]4[C@@]5(C)CC[C@H](OC(=O)CC(O)CCCCCCCCCCCCCCC)C(C)(C)[C@@H]5CC[C@]43C)[C@@H]12. The van der Waals surface area contributed by atoms with E-state index in [1.165, 1.54) is 128 Å². The molecule has 0 aromatic carbocycles. The molecular weight excluding hydrogens is 625 g/mol. The molecule has 3 nitrogen and oxygen atoms in total. The van der Waals surface area contributed by atoms with E-state index in [4.69, 9.17) is 4.74 Å². The first-order valence-electron chi connectivity index (χ1n) is 22.7. The molecule has 0 radical (unpaired) electrons. The molecule has 0 bridgehead atoms. The fourth-order valence-corrected chi connectivity index (χ4v) is 14.6. The molecule has 11 atom stereocenters. The van der Waals surface area contributed by atoms with E-state index in [1.54, 1.807) is 0 Å². The quantitative estimate of drug-likeness (QED) is 0.0876. The highest BCUT2D eigenvalue weighted by Crippen LogP contribution is 2.77. The van der Waals surface area contributed by atoms with Gasteiger partial charge in [-0.05, 0) is 129 Å². The fraction of sp³-hybridized carbons (Fsp3) is 0.938. The van der Waals surface area contributed by atoms with Crippen LogP contribution in [0.2, 0.25) is 0 Å². The van der Waals surface area contributed by atoms with Gasteiger partial charge in [0.25, 0.3) is 0 Å². The molecule has 0 aromatic heterocycles. The Balaban J connectivity index is 1.08. The van der Waals surface area contributed by atoms with E-state index in [0.717, 1.165) is 49.9 Å². The third kappa shape index (κ3) is 8.25. The maximum absolute atomic E-state index is 13.3. The summed E-state index contributed by atoms with van der Waals surface area (Å²) in [5.41, 5.74) is 2.93. The van der Waals surface area contributed by atoms with Gasteiger partial charge in [-0.2, -0.15) is 0 Å². The summed E-state index contributed by atoms with van der Waals surface area (Å²) in [4.78, 5) is 13.3. The molecule has 0 spiro atoms. The zero-order valence-corrected chi connectivity index (χ0v) is 35.2. The van der Waals surface area contributed by atoms with Gasteiger partial charge < -0.3 is 9.84 Å². The van der Waals surface area contributed by atoms with Crippen molar-refractivity contribution in [2.24, 2.45) is 56.7 Å². The second-order valence-electron chi connectivity index (χ2n) is 21.1. The highest BCUT2D eigenvalue weighted by atomic mass is 16.5. The van der Waals surface area contributed by atoms with Crippen molar-refractivity contribution in [2.75, 3.05) is 0 Å². The predicted octanol–water partition coefficient (Wildman–Crippen LogP) is 13.8. The highest BCUT2D eigenvalue weighted by molar-refractivity contribution is 5.70. The van der Waals surface area contributed by atoms with Crippen molar-refractivity contribution in [3.05, 3.63) is 12.2 Å². The summed E-state index contributed by atoms with van der Waals surface area (Å²) in [6, 6.07) is 0. The summed E-state index contributed by atoms with van der Waals surface area (Å²) in [6.07, 6.45) is 30.4. The van der Waals surface area contributed by atoms with Crippen molar-refractivity contribution in [3.8, 4) is 0 Å². The molecule has 5 aliphatic carbocycles. The Morgan fingerprint density at radius 2 is 1.31 bits per heavy atom. The van der Waals surface area contributed by atoms with Gasteiger partial charge >= 0.3 is 5.97 Å². The molecule has 1 N–H and O–H groups in total. The molecule has 0 saturated heterocycles. The number of fused-ring (bicyclic) bond motifs is 7. The van der Waals surface area contributed by atoms with Gasteiger partial charge in [0.15, 0.2) is 0 Å². The van der Waals surface area contributed by atoms with Crippen molar-refractivity contribution >= 4 is 5.97 Å². The largest absolute Gasteiger partial charge is 0.462 e. The highest BCUT2D eigenvalue weighted by Gasteiger charge is 2.70. The Kier molecular flexibility index (Phi) is 13.7. The Morgan fingerprint density at radius 3 is 1.92 bits per heavy atom. The van der Waals surface area contributed by atoms with Crippen molar-refractivity contribution in [1.29, 1.82) is 0 Å². The van der Waals surface area contributed by atoms with Crippen molar-refractivity contribution in [1.82, 2.24) is 0 Å². The Hall–Kier alpha value is -0.830. The van der Waals surface area contributed by atoms with E-state index in [0.29, 0.717) is 28.1 Å². The van der Waals surface area contributed by atoms with Crippen LogP contribution in [0.1, 0.15) is 216 Å². The lowest BCUT2D eigenvalue weighted by Gasteiger charge is -2.73. The van der Waals surface area contributed by atoms with E-state index in [1.807, 2.05) is 0 Å². The predicted molar refractivity (Wildman–Crippen MR) is 215 cm³/mol. The summed E-state index contributed by atoms with van der Waals surface area (Å²) < 4.78 is 6.34. The number of aliphatic hydroxyl groups excluding tert-OH is 1. The van der Waals surface area contributed by atoms with Crippen LogP contribution in [0.4, 0.5) is 0 Å². The van der Waals surface area contributed by atoms with Crippen molar-refractivity contribution in [3.63, 3.8) is 0 Å². The van der Waals surface area contributed by atoms with Crippen LogP contribution in [-0.4, -0.2) is 23.3 Å². The third-order valence-corrected chi connectivity index (χ3v) is 17.7. The van der Waals surface area contributed by atoms with Gasteiger partial charge in [-0.3, -0.25) is 4.79 Å². The number of unbranched alkanes of at least 4 members (excludes halogenated alkanes) is 12. The van der Waals surface area contributed by atoms with Crippen molar-refractivity contribution < 1.29 is 14.6 Å². The van der Waals surface area contributed by atoms with Crippen LogP contribution >= 0.6 is 0 Å². The first-order chi connectivity index (χ1) is 24.1. The minimum Gasteiger partial charge on any atom is -0.462 e. The van der Waals surface area contributed by atoms with Gasteiger partial charge in [0.05, 0.1) is 12.5 Å². The molecule has 5 fully saturated rings. The van der Waals surface area contributed by atoms with Crippen LogP contribution in [-0.2, 0) is 9.53 Å². The van der Waals surface area contributed by atoms with E-state index >= 15 is 0 Å². The molecule has 0 amide bonds. The van der Waals surface area contributed by atoms with Crippen LogP contribution < -0.4 is 0 Å². The van der Waals surface area contributed by atoms with E-state index in [-0.39, 0.29) is 29.3 Å². The first kappa shape index (κ1) is 41.3. The van der Waals surface area contributed by atoms with Crippen LogP contribution in [0.3, 0.4) is 0 Å². The molecule has 1 unspecified atom stereocenters. The van der Waals surface area contributed by atoms with Gasteiger partial charge in [-0.1, -0.05) is 144 Å². The zero-order chi connectivity index (χ0) is 37.1. The van der Waals surface area contributed by atoms with Crippen molar-refractivity contribution in [2.45, 2.75) is 228 Å². The van der Waals surface area contributed by atoms with E-state index < -0.39 is 6.10 Å². The lowest BCUT2D eigenvalue weighted by atomic mass is 9.32. The average molecular weight is 709 g/mol. The molecule has 51 heavy (non-hydrogen) atoms. The summed E-state index contributed by atoms with van der Waals surface area (Å²) in [5.74, 6) is 3.46. The normalized spacial score (nSPS) is 40.4. The summed E-state index contributed by atoms with van der Waals surface area (Å²) >= 11 is 0. The number of carbonyl (C=O) groups excluding carboxylic acids is 1. The average Bonchev–Trinajstić information content (AvgIpc) is 3.43. The first-order valence-corrected chi connectivity index (χ1v) is 22.7. The standard InChI is InChI=1S/C48H84O3/c1-10-11-12-13-14-15-16-17-18-19-20-21-22-23-36(49)34-42(50)51-41-28-30-46(7)39(44(41,4)5)27-31-48(9)40(46)25-24-38-43-37(35(2)3)26-29-45(43,6)32-33-47(38,48)8/h36-41,43,49H,2,10-34H2,1,3-9H3/t36?,37-,38+,39-,40+,41-,43+,45+,46-,47+,48+/m0/s1. The van der Waals surface area contributed by atoms with Gasteiger partial charge in [0, 0.05) is 5.41 Å². The molecule has 3 heteroatoms. The molecule has 0 heterocycles. The number of ether oxygens (including phenoxy) is 1. The lowest BCUT2D eigenvalue weighted by molar-refractivity contribution is -0.249. The molecule has 0 aromatic rings. The second-order valence-corrected chi connectivity index (χ2v) is 21.1. The molecule has 5 saturated carbocycles. The van der Waals surface area contributed by atoms with Gasteiger partial charge in [-0.15, -0.1) is 0 Å². The Morgan fingerprint density at radius 1 is 0.706 bits per heavy atom. The molecule has 294 valence electrons. The smallest absolute Gasteiger partial charge is 0.308 e. The van der Waals surface area contributed by atoms with Crippen LogP contribution in [0.5, 0.6) is 0 Å². The maximum atomic E-state index is 13.3. The molecule has 5 aliphatic rings. The maximum Gasteiger partial charge on any atom is 0.308 e. The number of hydrogen-bond acceptors (Lipinski definition) is 3. The number of carbonyl (C=O) groups is 1. The molecular formula is C48H84O3. The fourth-order valence-electron chi connectivity index (χ4n) is 14.6. The van der Waals surface area contributed by atoms with Crippen LogP contribution in [0, 0.1) is 56.7 Å². The number of hydrogen-bond donors (Lipinski definition) is 1. The molecule has 5 rings (SSSR count). The van der Waals surface area contributed by atoms with Gasteiger partial charge in [-0.25, -0.2) is 0 Å². The monoisotopic (exact) mass is 709 g/mol. The molecule has 0 aliphatic heterocycles. The lowest BCUT2D eigenvalue weighted by Crippen LogP contribution is -2.66. The number of aliphatic hydroxyl groups is 1. The van der Waals surface area contributed by atoms with Gasteiger partial charge in [0.2, 0.25) is 0 Å². The number of rotatable bonds is 18. The zero-order valence-electron chi connectivity index (χ0n) is 35.2. The van der Waals surface area contributed by atoms with Crippen LogP contribution in [0.25, 0.3) is 0 Å². The summed E-state index contributed by atoms with van der Waals surface area (Å²) in [5, 5.41) is 10.8. The minimum absolute atomic E-state index is 0.0481. The minimum atomic E-state index is -0.574. The summed E-state index contributed by atoms with van der Waals surface area (Å²) in [7, 11) is 0. The van der Waals surface area contributed by atoms with Crippen LogP contribution in [0.15, 0.2) is 12.2 Å². The third-order valence-electron chi connectivity index (χ3n) is 17.7. The Labute approximate surface area is 316 Å². The second kappa shape index (κ2) is 16.9. The number of esters is 1. The summed E-state index contributed by atoms with van der Waals surface area (Å²) in [6.45, 7) is 24.7. The van der Waals surface area contributed by atoms with E-state index in [9.17, 15) is 9.90 Å².